The Bertz CT molecular complexity index is 1250. The van der Waals surface area contributed by atoms with Crippen molar-refractivity contribution >= 4 is 12.4 Å². The molecule has 0 aliphatic carbocycles. The molecule has 3 aliphatic rings. The van der Waals surface area contributed by atoms with Gasteiger partial charge < -0.3 is 20.8 Å². The molecule has 248 valence electrons. The highest BCUT2D eigenvalue weighted by molar-refractivity contribution is 5.85. The van der Waals surface area contributed by atoms with Gasteiger partial charge in [-0.3, -0.25) is 19.8 Å². The van der Waals surface area contributed by atoms with Gasteiger partial charge >= 0.3 is 0 Å². The van der Waals surface area contributed by atoms with Gasteiger partial charge in [-0.05, 0) is 97.9 Å². The van der Waals surface area contributed by atoms with Crippen molar-refractivity contribution in [3.63, 3.8) is 0 Å². The fourth-order valence-electron chi connectivity index (χ4n) is 7.09. The van der Waals surface area contributed by atoms with E-state index in [1.165, 1.54) is 0 Å². The molecule has 6 bridgehead atoms. The van der Waals surface area contributed by atoms with Crippen LogP contribution >= 0.6 is 0 Å². The lowest BCUT2D eigenvalue weighted by molar-refractivity contribution is 0.125. The fraction of sp³-hybridized carbons (Fsp3) is 0.622. The standard InChI is InChI=1S/C37H58N6O2/c1-26-16-30-22-38-10-9-11-39-23-31-17-27(2)19-33(35(31)45)25-43-15-13-41-36(5,6)20-28(3)42(24-32(18-26)34(30)44)14-12-40-37(7,8)21-29(43)4/h16-19,22-23,28-29,40-41,44-45H,9-15,20-21,24-25H2,1-8H3. The Labute approximate surface area is 272 Å². The van der Waals surface area contributed by atoms with Gasteiger partial charge in [0.1, 0.15) is 11.5 Å². The Morgan fingerprint density at radius 3 is 1.49 bits per heavy atom. The molecule has 4 unspecified atom stereocenters. The van der Waals surface area contributed by atoms with Crippen molar-refractivity contribution in [2.24, 2.45) is 9.98 Å². The zero-order valence-corrected chi connectivity index (χ0v) is 29.1. The molecule has 3 heterocycles. The number of nitrogens with zero attached hydrogens (tertiary/aromatic N) is 4. The second-order valence-corrected chi connectivity index (χ2v) is 14.8. The molecule has 45 heavy (non-hydrogen) atoms. The number of fused-ring (bicyclic) bond motifs is 14. The smallest absolute Gasteiger partial charge is 0.128 e. The van der Waals surface area contributed by atoms with E-state index in [0.717, 1.165) is 78.8 Å². The molecule has 3 aliphatic heterocycles. The Kier molecular flexibility index (Phi) is 11.9. The highest BCUT2D eigenvalue weighted by Crippen LogP contribution is 2.29. The van der Waals surface area contributed by atoms with E-state index in [9.17, 15) is 10.2 Å². The molecule has 1 saturated heterocycles. The largest absolute Gasteiger partial charge is 0.507 e. The highest BCUT2D eigenvalue weighted by Gasteiger charge is 2.29. The first-order chi connectivity index (χ1) is 21.2. The third kappa shape index (κ3) is 10.1. The first-order valence-corrected chi connectivity index (χ1v) is 16.9. The molecule has 8 heteroatoms. The van der Waals surface area contributed by atoms with Crippen LogP contribution in [0, 0.1) is 13.8 Å². The number of aryl methyl sites for hydroxylation is 2. The minimum atomic E-state index is -0.0831. The topological polar surface area (TPSA) is 95.7 Å². The Balaban J connectivity index is 1.76. The van der Waals surface area contributed by atoms with Gasteiger partial charge in [-0.25, -0.2) is 0 Å². The van der Waals surface area contributed by atoms with Crippen LogP contribution in [0.25, 0.3) is 0 Å². The van der Waals surface area contributed by atoms with E-state index in [2.05, 4.69) is 97.9 Å². The first-order valence-electron chi connectivity index (χ1n) is 16.9. The Morgan fingerprint density at radius 2 is 1.09 bits per heavy atom. The van der Waals surface area contributed by atoms with Crippen molar-refractivity contribution in [1.29, 1.82) is 0 Å². The summed E-state index contributed by atoms with van der Waals surface area (Å²) < 4.78 is 0. The normalized spacial score (nSPS) is 26.8. The van der Waals surface area contributed by atoms with E-state index in [-0.39, 0.29) is 23.2 Å². The van der Waals surface area contributed by atoms with Gasteiger partial charge in [0.15, 0.2) is 0 Å². The number of nitrogens with one attached hydrogen (secondary N) is 2. The summed E-state index contributed by atoms with van der Waals surface area (Å²) in [7, 11) is 0. The SMILES string of the molecule is Cc1cc2c(O)c(c1)CN1CCNC(C)(C)CC(C)N(CCNC(C)(C)CC1C)Cc1cc(C)cc(c1O)C=NCCCN=C2. The quantitative estimate of drug-likeness (QED) is 0.309. The summed E-state index contributed by atoms with van der Waals surface area (Å²) in [6.45, 7) is 24.0. The molecule has 1 fully saturated rings. The van der Waals surface area contributed by atoms with E-state index in [1.54, 1.807) is 12.4 Å². The van der Waals surface area contributed by atoms with Gasteiger partial charge in [0.05, 0.1) is 0 Å². The molecule has 2 aromatic carbocycles. The molecule has 0 saturated carbocycles. The molecular formula is C37H58N6O2. The van der Waals surface area contributed by atoms with Gasteiger partial charge in [-0.1, -0.05) is 12.1 Å². The van der Waals surface area contributed by atoms with E-state index >= 15 is 0 Å². The molecule has 2 aromatic rings. The second kappa shape index (κ2) is 15.2. The maximum atomic E-state index is 11.4. The molecule has 0 spiro atoms. The lowest BCUT2D eigenvalue weighted by Gasteiger charge is -2.40. The summed E-state index contributed by atoms with van der Waals surface area (Å²) in [5.74, 6) is 0.635. The van der Waals surface area contributed by atoms with Crippen LogP contribution in [0.15, 0.2) is 34.3 Å². The summed E-state index contributed by atoms with van der Waals surface area (Å²) in [5, 5.41) is 30.5. The van der Waals surface area contributed by atoms with Gasteiger partial charge in [-0.2, -0.15) is 0 Å². The number of aromatic hydroxyl groups is 2. The number of phenolic OH excluding ortho intramolecular Hbond substituents is 2. The number of phenols is 2. The van der Waals surface area contributed by atoms with Crippen LogP contribution in [-0.2, 0) is 13.1 Å². The van der Waals surface area contributed by atoms with Gasteiger partial charge in [0.25, 0.3) is 0 Å². The van der Waals surface area contributed by atoms with Crippen molar-refractivity contribution in [2.45, 2.75) is 111 Å². The Hall–Kier alpha value is -2.78. The molecule has 0 amide bonds. The van der Waals surface area contributed by atoms with Gasteiger partial charge in [-0.15, -0.1) is 0 Å². The summed E-state index contributed by atoms with van der Waals surface area (Å²) in [5.41, 5.74) is 5.48. The van der Waals surface area contributed by atoms with Crippen LogP contribution in [0.3, 0.4) is 0 Å². The molecule has 5 rings (SSSR count). The monoisotopic (exact) mass is 618 g/mol. The van der Waals surface area contributed by atoms with Crippen LogP contribution in [0.2, 0.25) is 0 Å². The predicted molar refractivity (Wildman–Crippen MR) is 188 cm³/mol. The minimum Gasteiger partial charge on any atom is -0.507 e. The van der Waals surface area contributed by atoms with E-state index in [1.807, 2.05) is 12.1 Å². The third-order valence-electron chi connectivity index (χ3n) is 9.37. The van der Waals surface area contributed by atoms with Crippen LogP contribution < -0.4 is 10.6 Å². The number of hydrogen-bond donors (Lipinski definition) is 4. The number of benzene rings is 2. The molecule has 0 radical (unpaired) electrons. The van der Waals surface area contributed by atoms with E-state index < -0.39 is 0 Å². The zero-order chi connectivity index (χ0) is 32.8. The van der Waals surface area contributed by atoms with Gasteiger partial charge in [0.2, 0.25) is 0 Å². The summed E-state index contributed by atoms with van der Waals surface area (Å²) in [6, 6.07) is 8.82. The highest BCUT2D eigenvalue weighted by atomic mass is 16.3. The fourth-order valence-corrected chi connectivity index (χ4v) is 7.09. The molecule has 4 atom stereocenters. The second-order valence-electron chi connectivity index (χ2n) is 14.8. The lowest BCUT2D eigenvalue weighted by Crippen LogP contribution is -2.53. The van der Waals surface area contributed by atoms with Crippen molar-refractivity contribution < 1.29 is 10.2 Å². The average molecular weight is 619 g/mol. The minimum absolute atomic E-state index is 0.0831. The van der Waals surface area contributed by atoms with Crippen LogP contribution in [0.5, 0.6) is 11.5 Å². The maximum absolute atomic E-state index is 11.4. The first kappa shape index (κ1) is 35.1. The van der Waals surface area contributed by atoms with Crippen LogP contribution in [0.1, 0.15) is 94.2 Å². The van der Waals surface area contributed by atoms with Crippen LogP contribution in [0.4, 0.5) is 0 Å². The average Bonchev–Trinajstić information content (AvgIpc) is 2.94. The molecule has 8 nitrogen and oxygen atoms in total. The van der Waals surface area contributed by atoms with Crippen LogP contribution in [-0.4, -0.2) is 94.9 Å². The van der Waals surface area contributed by atoms with Crippen molar-refractivity contribution in [3.8, 4) is 11.5 Å². The third-order valence-corrected chi connectivity index (χ3v) is 9.37. The number of hydrogen-bond acceptors (Lipinski definition) is 8. The molecule has 4 N–H and O–H groups in total. The molecular weight excluding hydrogens is 560 g/mol. The molecule has 0 aromatic heterocycles. The summed E-state index contributed by atoms with van der Waals surface area (Å²) >= 11 is 0. The van der Waals surface area contributed by atoms with E-state index in [0.29, 0.717) is 37.7 Å². The number of rotatable bonds is 0. The Morgan fingerprint density at radius 1 is 0.689 bits per heavy atom. The number of aliphatic imine (C=N–C) groups is 2. The zero-order valence-electron chi connectivity index (χ0n) is 29.1. The van der Waals surface area contributed by atoms with Crippen molar-refractivity contribution in [1.82, 2.24) is 20.4 Å². The van der Waals surface area contributed by atoms with E-state index in [4.69, 9.17) is 0 Å². The maximum Gasteiger partial charge on any atom is 0.128 e. The summed E-state index contributed by atoms with van der Waals surface area (Å²) in [6.07, 6.45) is 6.32. The predicted octanol–water partition coefficient (Wildman–Crippen LogP) is 5.57. The van der Waals surface area contributed by atoms with Gasteiger partial charge in [0, 0.05) is 110 Å². The summed E-state index contributed by atoms with van der Waals surface area (Å²) in [4.78, 5) is 14.3. The van der Waals surface area contributed by atoms with Crippen molar-refractivity contribution in [2.75, 3.05) is 39.3 Å². The van der Waals surface area contributed by atoms with Crippen molar-refractivity contribution in [3.05, 3.63) is 57.6 Å². The lowest BCUT2D eigenvalue weighted by atomic mass is 9.93.